The topological polar surface area (TPSA) is 104 Å². The number of likely N-dealkylation sites (N-methyl/N-ethyl adjacent to an activating group) is 1. The van der Waals surface area contributed by atoms with Gasteiger partial charge in [-0.25, -0.2) is 14.3 Å². The predicted octanol–water partition coefficient (Wildman–Crippen LogP) is 3.84. The number of hydrogen-bond donors (Lipinski definition) is 0. The molecule has 3 rings (SSSR count). The van der Waals surface area contributed by atoms with Crippen LogP contribution in [0.2, 0.25) is 0 Å². The highest BCUT2D eigenvalue weighted by Crippen LogP contribution is 2.26. The summed E-state index contributed by atoms with van der Waals surface area (Å²) in [5.41, 5.74) is 1.43. The molecule has 36 heavy (non-hydrogen) atoms. The molecule has 0 aliphatic rings. The lowest BCUT2D eigenvalue weighted by molar-refractivity contribution is -0.153. The van der Waals surface area contributed by atoms with E-state index in [1.165, 1.54) is 35.6 Å². The van der Waals surface area contributed by atoms with Crippen LogP contribution in [-0.4, -0.2) is 68.1 Å². The summed E-state index contributed by atoms with van der Waals surface area (Å²) in [7, 11) is -1.89. The number of amides is 1. The van der Waals surface area contributed by atoms with Crippen LogP contribution in [-0.2, 0) is 26.1 Å². The number of fused-ring (bicyclic) bond motifs is 1. The Morgan fingerprint density at radius 1 is 1.19 bits per heavy atom. The SMILES string of the molecule is CCN(CCOC(C)=O)C(=O)n1c(S(=O)Cc2nccc(OCC(F)(F)F)c2C)nc2ccccc21. The van der Waals surface area contributed by atoms with E-state index in [4.69, 9.17) is 9.47 Å². The number of carbonyl (C=O) groups is 2. The summed E-state index contributed by atoms with van der Waals surface area (Å²) in [6.07, 6.45) is -3.24. The first-order valence-electron chi connectivity index (χ1n) is 10.9. The van der Waals surface area contributed by atoms with Crippen LogP contribution in [0.1, 0.15) is 25.1 Å². The fourth-order valence-corrected chi connectivity index (χ4v) is 4.63. The molecule has 0 saturated heterocycles. The van der Waals surface area contributed by atoms with Crippen molar-refractivity contribution in [1.29, 1.82) is 0 Å². The fourth-order valence-electron chi connectivity index (χ4n) is 3.38. The Balaban J connectivity index is 1.92. The quantitative estimate of drug-likeness (QED) is 0.390. The van der Waals surface area contributed by atoms with E-state index in [9.17, 15) is 27.0 Å². The van der Waals surface area contributed by atoms with Gasteiger partial charge in [0.25, 0.3) is 0 Å². The number of aromatic nitrogens is 3. The second kappa shape index (κ2) is 11.5. The molecule has 2 heterocycles. The van der Waals surface area contributed by atoms with E-state index in [2.05, 4.69) is 9.97 Å². The molecule has 3 aromatic rings. The van der Waals surface area contributed by atoms with Gasteiger partial charge in [-0.2, -0.15) is 13.2 Å². The van der Waals surface area contributed by atoms with Gasteiger partial charge in [0, 0.05) is 25.2 Å². The summed E-state index contributed by atoms with van der Waals surface area (Å²) < 4.78 is 62.2. The minimum absolute atomic E-state index is 0.00615. The lowest BCUT2D eigenvalue weighted by atomic mass is 10.2. The number of nitrogens with zero attached hydrogens (tertiary/aromatic N) is 4. The first-order chi connectivity index (χ1) is 17.0. The molecule has 1 amide bonds. The Morgan fingerprint density at radius 2 is 1.92 bits per heavy atom. The van der Waals surface area contributed by atoms with Crippen molar-refractivity contribution in [2.75, 3.05) is 26.3 Å². The maximum atomic E-state index is 13.4. The molecule has 9 nitrogen and oxygen atoms in total. The molecule has 1 atom stereocenters. The Morgan fingerprint density at radius 3 is 2.58 bits per heavy atom. The van der Waals surface area contributed by atoms with Crippen molar-refractivity contribution >= 4 is 33.8 Å². The molecule has 0 spiro atoms. The lowest BCUT2D eigenvalue weighted by Crippen LogP contribution is -2.38. The second-order valence-electron chi connectivity index (χ2n) is 7.70. The minimum Gasteiger partial charge on any atom is -0.484 e. The van der Waals surface area contributed by atoms with Gasteiger partial charge in [-0.05, 0) is 32.0 Å². The Bertz CT molecular complexity index is 1280. The van der Waals surface area contributed by atoms with Gasteiger partial charge in [-0.3, -0.25) is 14.0 Å². The normalized spacial score (nSPS) is 12.4. The van der Waals surface area contributed by atoms with E-state index in [1.54, 1.807) is 31.2 Å². The van der Waals surface area contributed by atoms with Gasteiger partial charge in [-0.1, -0.05) is 12.1 Å². The highest BCUT2D eigenvalue weighted by molar-refractivity contribution is 7.84. The maximum absolute atomic E-state index is 13.4. The maximum Gasteiger partial charge on any atom is 0.422 e. The van der Waals surface area contributed by atoms with Crippen LogP contribution in [0, 0.1) is 6.92 Å². The molecule has 0 aliphatic carbocycles. The first kappa shape index (κ1) is 27.1. The van der Waals surface area contributed by atoms with Crippen LogP contribution in [0.25, 0.3) is 11.0 Å². The fraction of sp³-hybridized carbons (Fsp3) is 0.391. The monoisotopic (exact) mass is 526 g/mol. The Kier molecular flexibility index (Phi) is 8.66. The Hall–Kier alpha value is -3.48. The number of esters is 1. The van der Waals surface area contributed by atoms with E-state index in [0.29, 0.717) is 16.6 Å². The smallest absolute Gasteiger partial charge is 0.422 e. The van der Waals surface area contributed by atoms with E-state index in [-0.39, 0.29) is 42.0 Å². The highest BCUT2D eigenvalue weighted by atomic mass is 32.2. The number of pyridine rings is 1. The Labute approximate surface area is 207 Å². The lowest BCUT2D eigenvalue weighted by Gasteiger charge is -2.22. The first-order valence-corrected chi connectivity index (χ1v) is 12.3. The molecule has 0 bridgehead atoms. The van der Waals surface area contributed by atoms with Gasteiger partial charge < -0.3 is 14.4 Å². The summed E-state index contributed by atoms with van der Waals surface area (Å²) >= 11 is 0. The number of ether oxygens (including phenoxy) is 2. The van der Waals surface area contributed by atoms with Crippen LogP contribution in [0.4, 0.5) is 18.0 Å². The number of halogens is 3. The molecule has 194 valence electrons. The number of alkyl halides is 3. The standard InChI is InChI=1S/C23H25F3N4O5S/c1-4-29(11-12-34-16(3)31)22(32)30-19-8-6-5-7-17(19)28-21(30)36(33)13-18-15(2)20(9-10-27-18)35-14-23(24,25)26/h5-10H,4,11-14H2,1-3H3. The van der Waals surface area contributed by atoms with E-state index in [0.717, 1.165) is 0 Å². The van der Waals surface area contributed by atoms with Crippen LogP contribution < -0.4 is 4.74 Å². The summed E-state index contributed by atoms with van der Waals surface area (Å²) in [4.78, 5) is 34.5. The number of rotatable bonds is 9. The van der Waals surface area contributed by atoms with Crippen molar-refractivity contribution in [3.8, 4) is 5.75 Å². The molecular weight excluding hydrogens is 501 g/mol. The van der Waals surface area contributed by atoms with Crippen molar-refractivity contribution in [3.05, 3.63) is 47.8 Å². The van der Waals surface area contributed by atoms with Crippen molar-refractivity contribution < 1.29 is 36.4 Å². The van der Waals surface area contributed by atoms with Gasteiger partial charge in [0.2, 0.25) is 5.16 Å². The average Bonchev–Trinajstić information content (AvgIpc) is 3.21. The summed E-state index contributed by atoms with van der Waals surface area (Å²) in [6, 6.07) is 7.56. The molecule has 1 aromatic carbocycles. The molecular formula is C23H25F3N4O5S. The summed E-state index contributed by atoms with van der Waals surface area (Å²) in [6.45, 7) is 3.47. The number of imidazole rings is 1. The highest BCUT2D eigenvalue weighted by Gasteiger charge is 2.29. The molecule has 0 N–H and O–H groups in total. The van der Waals surface area contributed by atoms with Crippen LogP contribution in [0.5, 0.6) is 5.75 Å². The zero-order valence-corrected chi connectivity index (χ0v) is 20.7. The minimum atomic E-state index is -4.51. The van der Waals surface area contributed by atoms with Crippen LogP contribution >= 0.6 is 0 Å². The van der Waals surface area contributed by atoms with Crippen molar-refractivity contribution in [2.24, 2.45) is 0 Å². The van der Waals surface area contributed by atoms with Gasteiger partial charge >= 0.3 is 18.2 Å². The summed E-state index contributed by atoms with van der Waals surface area (Å²) in [5.74, 6) is -0.704. The third-order valence-electron chi connectivity index (χ3n) is 5.16. The third kappa shape index (κ3) is 6.59. The van der Waals surface area contributed by atoms with Crippen molar-refractivity contribution in [1.82, 2.24) is 19.4 Å². The molecule has 2 aromatic heterocycles. The number of para-hydroxylation sites is 2. The summed E-state index contributed by atoms with van der Waals surface area (Å²) in [5, 5.41) is -0.0325. The molecule has 0 fully saturated rings. The zero-order valence-electron chi connectivity index (χ0n) is 19.9. The molecule has 0 aliphatic heterocycles. The average molecular weight is 527 g/mol. The van der Waals surface area contributed by atoms with Crippen LogP contribution in [0.15, 0.2) is 41.7 Å². The van der Waals surface area contributed by atoms with Gasteiger partial charge in [-0.15, -0.1) is 0 Å². The molecule has 0 radical (unpaired) electrons. The molecule has 1 unspecified atom stereocenters. The van der Waals surface area contributed by atoms with Crippen molar-refractivity contribution in [3.63, 3.8) is 0 Å². The van der Waals surface area contributed by atoms with E-state index < -0.39 is 35.6 Å². The van der Waals surface area contributed by atoms with Crippen molar-refractivity contribution in [2.45, 2.75) is 37.9 Å². The van der Waals surface area contributed by atoms with Gasteiger partial charge in [0.1, 0.15) is 12.4 Å². The van der Waals surface area contributed by atoms with Gasteiger partial charge in [0.15, 0.2) is 6.61 Å². The molecule has 0 saturated carbocycles. The number of benzene rings is 1. The predicted molar refractivity (Wildman–Crippen MR) is 125 cm³/mol. The number of carbonyl (C=O) groups excluding carboxylic acids is 2. The molecule has 13 heteroatoms. The number of hydrogen-bond acceptors (Lipinski definition) is 7. The van der Waals surface area contributed by atoms with E-state index >= 15 is 0 Å². The van der Waals surface area contributed by atoms with Crippen LogP contribution in [0.3, 0.4) is 0 Å². The van der Waals surface area contributed by atoms with Gasteiger partial charge in [0.05, 0.1) is 39.8 Å². The zero-order chi connectivity index (χ0) is 26.5. The second-order valence-corrected chi connectivity index (χ2v) is 9.04. The van der Waals surface area contributed by atoms with E-state index in [1.807, 2.05) is 0 Å². The third-order valence-corrected chi connectivity index (χ3v) is 6.38. The largest absolute Gasteiger partial charge is 0.484 e.